The van der Waals surface area contributed by atoms with Gasteiger partial charge in [-0.05, 0) is 25.0 Å². The Labute approximate surface area is 97.0 Å². The zero-order valence-electron chi connectivity index (χ0n) is 10.2. The Balaban J connectivity index is 2.77. The average molecular weight is 220 g/mol. The fourth-order valence-electron chi connectivity index (χ4n) is 1.67. The zero-order chi connectivity index (χ0) is 12.1. The minimum Gasteiger partial charge on any atom is -0.397 e. The van der Waals surface area contributed by atoms with Crippen LogP contribution in [0.2, 0.25) is 0 Å². The van der Waals surface area contributed by atoms with Crippen LogP contribution in [0.15, 0.2) is 18.2 Å². The lowest BCUT2D eigenvalue weighted by Crippen LogP contribution is -2.21. The molecular weight excluding hydrogens is 200 g/mol. The van der Waals surface area contributed by atoms with Gasteiger partial charge in [0.05, 0.1) is 11.4 Å². The molecule has 1 atom stereocenters. The summed E-state index contributed by atoms with van der Waals surface area (Å²) in [5, 5.41) is 2.90. The second-order valence-corrected chi connectivity index (χ2v) is 4.22. The van der Waals surface area contributed by atoms with Gasteiger partial charge in [-0.2, -0.15) is 0 Å². The van der Waals surface area contributed by atoms with Gasteiger partial charge in [0, 0.05) is 5.92 Å². The van der Waals surface area contributed by atoms with Gasteiger partial charge in [-0.25, -0.2) is 0 Å². The SMILES string of the molecule is CCCC(C)C(=O)Nc1c(C)cccc1N. The summed E-state index contributed by atoms with van der Waals surface area (Å²) in [6, 6.07) is 5.62. The van der Waals surface area contributed by atoms with E-state index in [-0.39, 0.29) is 11.8 Å². The van der Waals surface area contributed by atoms with Crippen molar-refractivity contribution in [3.8, 4) is 0 Å². The van der Waals surface area contributed by atoms with E-state index in [0.29, 0.717) is 5.69 Å². The minimum absolute atomic E-state index is 0.0315. The smallest absolute Gasteiger partial charge is 0.227 e. The number of nitrogens with two attached hydrogens (primary N) is 1. The third-order valence-corrected chi connectivity index (χ3v) is 2.72. The summed E-state index contributed by atoms with van der Waals surface area (Å²) in [5.74, 6) is 0.0758. The van der Waals surface area contributed by atoms with E-state index in [0.717, 1.165) is 24.1 Å². The standard InChI is InChI=1S/C13H20N2O/c1-4-6-10(3)13(16)15-12-9(2)7-5-8-11(12)14/h5,7-8,10H,4,6,14H2,1-3H3,(H,15,16). The minimum atomic E-state index is 0.0315. The zero-order valence-corrected chi connectivity index (χ0v) is 10.2. The summed E-state index contributed by atoms with van der Waals surface area (Å²) < 4.78 is 0. The molecule has 0 heterocycles. The second kappa shape index (κ2) is 5.54. The number of nitrogens with one attached hydrogen (secondary N) is 1. The van der Waals surface area contributed by atoms with Crippen LogP contribution >= 0.6 is 0 Å². The maximum atomic E-state index is 11.8. The number of anilines is 2. The molecule has 0 aliphatic heterocycles. The number of rotatable bonds is 4. The first-order chi connectivity index (χ1) is 7.56. The molecule has 0 spiro atoms. The van der Waals surface area contributed by atoms with Crippen molar-refractivity contribution in [1.29, 1.82) is 0 Å². The molecule has 0 aliphatic carbocycles. The van der Waals surface area contributed by atoms with Crippen molar-refractivity contribution in [2.75, 3.05) is 11.1 Å². The van der Waals surface area contributed by atoms with E-state index in [1.807, 2.05) is 26.0 Å². The lowest BCUT2D eigenvalue weighted by atomic mass is 10.0. The number of hydrogen-bond acceptors (Lipinski definition) is 2. The van der Waals surface area contributed by atoms with Crippen LogP contribution in [0.1, 0.15) is 32.3 Å². The molecule has 0 aliphatic rings. The average Bonchev–Trinajstić information content (AvgIpc) is 2.23. The number of benzene rings is 1. The van der Waals surface area contributed by atoms with Crippen molar-refractivity contribution in [3.05, 3.63) is 23.8 Å². The van der Waals surface area contributed by atoms with Crippen molar-refractivity contribution in [2.45, 2.75) is 33.6 Å². The van der Waals surface area contributed by atoms with E-state index in [2.05, 4.69) is 12.2 Å². The number of carbonyl (C=O) groups is 1. The van der Waals surface area contributed by atoms with Crippen LogP contribution < -0.4 is 11.1 Å². The number of amides is 1. The molecule has 1 aromatic carbocycles. The highest BCUT2D eigenvalue weighted by molar-refractivity contribution is 5.96. The van der Waals surface area contributed by atoms with Gasteiger partial charge >= 0.3 is 0 Å². The van der Waals surface area contributed by atoms with Gasteiger partial charge in [-0.3, -0.25) is 4.79 Å². The van der Waals surface area contributed by atoms with E-state index in [4.69, 9.17) is 5.73 Å². The third kappa shape index (κ3) is 2.99. The number of nitrogen functional groups attached to an aromatic ring is 1. The van der Waals surface area contributed by atoms with Gasteiger partial charge in [0.1, 0.15) is 0 Å². The molecule has 0 bridgehead atoms. The van der Waals surface area contributed by atoms with E-state index >= 15 is 0 Å². The predicted molar refractivity (Wildman–Crippen MR) is 68.3 cm³/mol. The highest BCUT2D eigenvalue weighted by atomic mass is 16.1. The fourth-order valence-corrected chi connectivity index (χ4v) is 1.67. The molecule has 1 unspecified atom stereocenters. The van der Waals surface area contributed by atoms with Gasteiger partial charge in [-0.15, -0.1) is 0 Å². The van der Waals surface area contributed by atoms with Crippen molar-refractivity contribution in [2.24, 2.45) is 5.92 Å². The maximum Gasteiger partial charge on any atom is 0.227 e. The van der Waals surface area contributed by atoms with E-state index in [1.54, 1.807) is 6.07 Å². The number of hydrogen-bond donors (Lipinski definition) is 2. The summed E-state index contributed by atoms with van der Waals surface area (Å²) in [5.41, 5.74) is 8.19. The molecule has 0 aromatic heterocycles. The van der Waals surface area contributed by atoms with E-state index in [1.165, 1.54) is 0 Å². The molecule has 3 nitrogen and oxygen atoms in total. The highest BCUT2D eigenvalue weighted by Gasteiger charge is 2.13. The second-order valence-electron chi connectivity index (χ2n) is 4.22. The lowest BCUT2D eigenvalue weighted by molar-refractivity contribution is -0.119. The van der Waals surface area contributed by atoms with Crippen LogP contribution in [-0.4, -0.2) is 5.91 Å². The monoisotopic (exact) mass is 220 g/mol. The van der Waals surface area contributed by atoms with Gasteiger partial charge in [0.25, 0.3) is 0 Å². The number of carbonyl (C=O) groups excluding carboxylic acids is 1. The van der Waals surface area contributed by atoms with Crippen LogP contribution in [0, 0.1) is 12.8 Å². The van der Waals surface area contributed by atoms with Gasteiger partial charge in [0.15, 0.2) is 0 Å². The Morgan fingerprint density at radius 1 is 1.50 bits per heavy atom. The van der Waals surface area contributed by atoms with Crippen LogP contribution in [0.4, 0.5) is 11.4 Å². The van der Waals surface area contributed by atoms with Crippen LogP contribution in [0.5, 0.6) is 0 Å². The first-order valence-corrected chi connectivity index (χ1v) is 5.72. The first kappa shape index (κ1) is 12.6. The molecule has 88 valence electrons. The number of para-hydroxylation sites is 1. The summed E-state index contributed by atoms with van der Waals surface area (Å²) in [7, 11) is 0. The quantitative estimate of drug-likeness (QED) is 0.766. The van der Waals surface area contributed by atoms with Crippen molar-refractivity contribution in [1.82, 2.24) is 0 Å². The Bertz CT molecular complexity index is 354. The highest BCUT2D eigenvalue weighted by Crippen LogP contribution is 2.23. The lowest BCUT2D eigenvalue weighted by Gasteiger charge is -2.14. The fraction of sp³-hybridized carbons (Fsp3) is 0.462. The molecule has 3 heteroatoms. The Morgan fingerprint density at radius 2 is 2.19 bits per heavy atom. The molecule has 3 N–H and O–H groups in total. The summed E-state index contributed by atoms with van der Waals surface area (Å²) in [4.78, 5) is 11.8. The van der Waals surface area contributed by atoms with E-state index in [9.17, 15) is 4.79 Å². The van der Waals surface area contributed by atoms with Gasteiger partial charge in [-0.1, -0.05) is 32.4 Å². The molecule has 0 saturated carbocycles. The summed E-state index contributed by atoms with van der Waals surface area (Å²) in [6.07, 6.45) is 1.91. The Kier molecular flexibility index (Phi) is 4.35. The molecule has 1 aromatic rings. The van der Waals surface area contributed by atoms with Crippen LogP contribution in [0.3, 0.4) is 0 Å². The maximum absolute atomic E-state index is 11.8. The van der Waals surface area contributed by atoms with Crippen LogP contribution in [-0.2, 0) is 4.79 Å². The first-order valence-electron chi connectivity index (χ1n) is 5.72. The topological polar surface area (TPSA) is 55.1 Å². The largest absolute Gasteiger partial charge is 0.397 e. The summed E-state index contributed by atoms with van der Waals surface area (Å²) >= 11 is 0. The predicted octanol–water partition coefficient (Wildman–Crippen LogP) is 2.95. The normalized spacial score (nSPS) is 12.2. The molecule has 1 amide bonds. The Morgan fingerprint density at radius 3 is 2.75 bits per heavy atom. The molecule has 1 rings (SSSR count). The molecule has 0 radical (unpaired) electrons. The van der Waals surface area contributed by atoms with Crippen molar-refractivity contribution >= 4 is 17.3 Å². The summed E-state index contributed by atoms with van der Waals surface area (Å²) in [6.45, 7) is 5.95. The Hall–Kier alpha value is -1.51. The number of aryl methyl sites for hydroxylation is 1. The van der Waals surface area contributed by atoms with Crippen molar-refractivity contribution in [3.63, 3.8) is 0 Å². The molecule has 0 saturated heterocycles. The molecule has 16 heavy (non-hydrogen) atoms. The van der Waals surface area contributed by atoms with Crippen molar-refractivity contribution < 1.29 is 4.79 Å². The molecular formula is C13H20N2O. The third-order valence-electron chi connectivity index (χ3n) is 2.72. The van der Waals surface area contributed by atoms with Gasteiger partial charge in [0.2, 0.25) is 5.91 Å². The molecule has 0 fully saturated rings. The van der Waals surface area contributed by atoms with Crippen LogP contribution in [0.25, 0.3) is 0 Å². The van der Waals surface area contributed by atoms with E-state index < -0.39 is 0 Å². The van der Waals surface area contributed by atoms with Gasteiger partial charge < -0.3 is 11.1 Å².